The van der Waals surface area contributed by atoms with Gasteiger partial charge in [0.05, 0.1) is 26.7 Å². The van der Waals surface area contributed by atoms with Crippen LogP contribution in [0.2, 0.25) is 0 Å². The number of hydrogen-bond acceptors (Lipinski definition) is 9. The smallest absolute Gasteiger partial charge is 0.305 e. The summed E-state index contributed by atoms with van der Waals surface area (Å²) in [6.45, 7) is 2.03. The number of amides is 1. The number of phenolic OH excluding ortho intramolecular Hbond substituents is 1. The van der Waals surface area contributed by atoms with Gasteiger partial charge in [-0.2, -0.15) is 0 Å². The third kappa shape index (κ3) is 6.87. The molecule has 0 fully saturated rings. The average molecular weight is 524 g/mol. The number of carbonyl (C=O) groups excluding carboxylic acids is 1. The topological polar surface area (TPSA) is 169 Å². The number of thiazole rings is 1. The molecule has 13 heteroatoms. The largest absolute Gasteiger partial charge is 0.506 e. The SMILES string of the molecule is CCOC(CS(=O)(=O)CCC(=O)NCCc1ccc(O)c2[nH]c(=O)sc12)c1ccccc1[N+](=O)[O-]. The molecule has 35 heavy (non-hydrogen) atoms. The molecule has 0 aliphatic rings. The number of ether oxygens (including phenoxy) is 1. The van der Waals surface area contributed by atoms with Gasteiger partial charge in [0, 0.05) is 25.6 Å². The average Bonchev–Trinajstić information content (AvgIpc) is 3.21. The molecule has 0 spiro atoms. The van der Waals surface area contributed by atoms with E-state index in [0.717, 1.165) is 16.9 Å². The maximum absolute atomic E-state index is 12.7. The molecular formula is C22H25N3O8S2. The van der Waals surface area contributed by atoms with Gasteiger partial charge in [0.1, 0.15) is 17.4 Å². The van der Waals surface area contributed by atoms with Gasteiger partial charge in [-0.15, -0.1) is 0 Å². The molecule has 0 radical (unpaired) electrons. The van der Waals surface area contributed by atoms with E-state index >= 15 is 0 Å². The van der Waals surface area contributed by atoms with E-state index in [0.29, 0.717) is 16.6 Å². The molecule has 0 saturated heterocycles. The summed E-state index contributed by atoms with van der Waals surface area (Å²) in [6.07, 6.45) is -0.923. The Hall–Kier alpha value is -3.29. The quantitative estimate of drug-likeness (QED) is 0.240. The van der Waals surface area contributed by atoms with Crippen molar-refractivity contribution < 1.29 is 28.0 Å². The maximum atomic E-state index is 12.7. The van der Waals surface area contributed by atoms with Crippen molar-refractivity contribution in [1.82, 2.24) is 10.3 Å². The fourth-order valence-corrected chi connectivity index (χ4v) is 5.91. The number of nitro benzene ring substituents is 1. The van der Waals surface area contributed by atoms with Crippen molar-refractivity contribution in [2.75, 3.05) is 24.7 Å². The molecule has 3 aromatic rings. The van der Waals surface area contributed by atoms with E-state index in [1.807, 2.05) is 0 Å². The van der Waals surface area contributed by atoms with Gasteiger partial charge < -0.3 is 20.1 Å². The predicted molar refractivity (Wildman–Crippen MR) is 132 cm³/mol. The molecule has 0 aliphatic heterocycles. The van der Waals surface area contributed by atoms with Crippen LogP contribution in [0.15, 0.2) is 41.2 Å². The van der Waals surface area contributed by atoms with Crippen LogP contribution in [0.4, 0.5) is 5.69 Å². The van der Waals surface area contributed by atoms with Crippen molar-refractivity contribution in [3.05, 3.63) is 67.3 Å². The second kappa shape index (κ2) is 11.4. The fraction of sp³-hybridized carbons (Fsp3) is 0.364. The number of rotatable bonds is 12. The van der Waals surface area contributed by atoms with Crippen LogP contribution in [-0.4, -0.2) is 54.0 Å². The number of hydrogen-bond donors (Lipinski definition) is 3. The van der Waals surface area contributed by atoms with Gasteiger partial charge in [-0.05, 0) is 31.0 Å². The summed E-state index contributed by atoms with van der Waals surface area (Å²) < 4.78 is 31.4. The number of aromatic nitrogens is 1. The highest BCUT2D eigenvalue weighted by Crippen LogP contribution is 2.29. The highest BCUT2D eigenvalue weighted by molar-refractivity contribution is 7.91. The molecule has 3 rings (SSSR count). The highest BCUT2D eigenvalue weighted by Gasteiger charge is 2.27. The number of sulfone groups is 1. The van der Waals surface area contributed by atoms with Crippen molar-refractivity contribution in [3.8, 4) is 5.75 Å². The zero-order chi connectivity index (χ0) is 25.6. The molecule has 2 aromatic carbocycles. The summed E-state index contributed by atoms with van der Waals surface area (Å²) in [5, 5.41) is 23.8. The van der Waals surface area contributed by atoms with Gasteiger partial charge in [-0.1, -0.05) is 29.5 Å². The first-order chi connectivity index (χ1) is 16.6. The molecule has 0 bridgehead atoms. The third-order valence-corrected chi connectivity index (χ3v) is 7.84. The van der Waals surface area contributed by atoms with E-state index in [1.54, 1.807) is 19.1 Å². The lowest BCUT2D eigenvalue weighted by Crippen LogP contribution is -2.29. The molecule has 1 heterocycles. The normalized spacial score (nSPS) is 12.5. The van der Waals surface area contributed by atoms with Crippen LogP contribution in [-0.2, 0) is 25.8 Å². The number of fused-ring (bicyclic) bond motifs is 1. The van der Waals surface area contributed by atoms with Crippen LogP contribution >= 0.6 is 11.3 Å². The lowest BCUT2D eigenvalue weighted by Gasteiger charge is -2.17. The van der Waals surface area contributed by atoms with E-state index in [2.05, 4.69) is 10.3 Å². The summed E-state index contributed by atoms with van der Waals surface area (Å²) in [5.41, 5.74) is 1.05. The molecule has 0 aliphatic carbocycles. The van der Waals surface area contributed by atoms with Crippen LogP contribution < -0.4 is 10.2 Å². The standard InChI is InChI=1S/C22H25N3O8S2/c1-2-33-18(15-5-3-4-6-16(15)25(29)30)13-35(31,32)12-10-19(27)23-11-9-14-7-8-17(26)20-21(14)34-22(28)24-20/h3-8,18,26H,2,9-13H2,1H3,(H,23,27)(H,24,28). The Bertz CT molecular complexity index is 1380. The number of aromatic hydroxyl groups is 1. The monoisotopic (exact) mass is 523 g/mol. The number of carbonyl (C=O) groups is 1. The van der Waals surface area contributed by atoms with Crippen LogP contribution in [0.1, 0.15) is 30.6 Å². The Morgan fingerprint density at radius 1 is 1.29 bits per heavy atom. The first-order valence-corrected chi connectivity index (χ1v) is 13.4. The minimum Gasteiger partial charge on any atom is -0.506 e. The highest BCUT2D eigenvalue weighted by atomic mass is 32.2. The zero-order valence-corrected chi connectivity index (χ0v) is 20.5. The summed E-state index contributed by atoms with van der Waals surface area (Å²) >= 11 is 0.959. The van der Waals surface area contributed by atoms with Gasteiger partial charge in [-0.25, -0.2) is 8.42 Å². The minimum atomic E-state index is -3.77. The van der Waals surface area contributed by atoms with Gasteiger partial charge in [-0.3, -0.25) is 19.7 Å². The van der Waals surface area contributed by atoms with Gasteiger partial charge >= 0.3 is 4.87 Å². The number of nitrogens with zero attached hydrogens (tertiary/aromatic N) is 1. The van der Waals surface area contributed by atoms with Gasteiger partial charge in [0.25, 0.3) is 5.69 Å². The first-order valence-electron chi connectivity index (χ1n) is 10.8. The second-order valence-electron chi connectivity index (χ2n) is 7.69. The van der Waals surface area contributed by atoms with Crippen LogP contribution in [0.25, 0.3) is 10.2 Å². The van der Waals surface area contributed by atoms with Gasteiger partial charge in [0.15, 0.2) is 9.84 Å². The number of nitro groups is 1. The van der Waals surface area contributed by atoms with E-state index < -0.39 is 38.3 Å². The molecule has 1 aromatic heterocycles. The molecule has 0 saturated carbocycles. The number of H-pyrrole nitrogens is 1. The Balaban J connectivity index is 1.56. The molecule has 3 N–H and O–H groups in total. The van der Waals surface area contributed by atoms with E-state index in [1.165, 1.54) is 24.3 Å². The zero-order valence-electron chi connectivity index (χ0n) is 18.9. The van der Waals surface area contributed by atoms with Gasteiger partial charge in [0.2, 0.25) is 5.91 Å². The first kappa shape index (κ1) is 26.3. The van der Waals surface area contributed by atoms with Crippen LogP contribution in [0, 0.1) is 10.1 Å². The molecule has 1 atom stereocenters. The van der Waals surface area contributed by atoms with Crippen molar-refractivity contribution in [3.63, 3.8) is 0 Å². The van der Waals surface area contributed by atoms with E-state index in [4.69, 9.17) is 4.74 Å². The number of benzene rings is 2. The summed E-state index contributed by atoms with van der Waals surface area (Å²) in [4.78, 5) is 36.8. The van der Waals surface area contributed by atoms with Crippen molar-refractivity contribution in [2.24, 2.45) is 0 Å². The molecule has 188 valence electrons. The van der Waals surface area contributed by atoms with Crippen molar-refractivity contribution >= 4 is 43.0 Å². The van der Waals surface area contributed by atoms with E-state index in [-0.39, 0.29) is 41.4 Å². The Kier molecular flexibility index (Phi) is 8.59. The fourth-order valence-electron chi connectivity index (χ4n) is 3.61. The Labute approximate surface area is 204 Å². The lowest BCUT2D eigenvalue weighted by atomic mass is 10.1. The van der Waals surface area contributed by atoms with Crippen LogP contribution in [0.3, 0.4) is 0 Å². The molecular weight excluding hydrogens is 498 g/mol. The molecule has 1 unspecified atom stereocenters. The second-order valence-corrected chi connectivity index (χ2v) is 10.9. The maximum Gasteiger partial charge on any atom is 0.305 e. The molecule has 11 nitrogen and oxygen atoms in total. The summed E-state index contributed by atoms with van der Waals surface area (Å²) in [7, 11) is -3.77. The summed E-state index contributed by atoms with van der Waals surface area (Å²) in [5.74, 6) is -1.44. The number of nitrogens with one attached hydrogen (secondary N) is 2. The van der Waals surface area contributed by atoms with Crippen molar-refractivity contribution in [1.29, 1.82) is 0 Å². The Morgan fingerprint density at radius 2 is 2.03 bits per heavy atom. The Morgan fingerprint density at radius 3 is 2.74 bits per heavy atom. The summed E-state index contributed by atoms with van der Waals surface area (Å²) in [6, 6.07) is 8.93. The minimum absolute atomic E-state index is 0.0393. The van der Waals surface area contributed by atoms with E-state index in [9.17, 15) is 33.2 Å². The van der Waals surface area contributed by atoms with Crippen molar-refractivity contribution in [2.45, 2.75) is 25.9 Å². The number of para-hydroxylation sites is 1. The van der Waals surface area contributed by atoms with Crippen LogP contribution in [0.5, 0.6) is 5.75 Å². The molecule has 1 amide bonds. The third-order valence-electron chi connectivity index (χ3n) is 5.25. The lowest BCUT2D eigenvalue weighted by molar-refractivity contribution is -0.386. The number of phenols is 1. The predicted octanol–water partition coefficient (Wildman–Crippen LogP) is 2.44. The number of aromatic amines is 1.